The quantitative estimate of drug-likeness (QED) is 0.651. The normalized spacial score (nSPS) is 14.7. The van der Waals surface area contributed by atoms with Crippen LogP contribution in [0.3, 0.4) is 0 Å². The first-order valence-corrected chi connectivity index (χ1v) is 9.23. The lowest BCUT2D eigenvalue weighted by Crippen LogP contribution is -2.27. The van der Waals surface area contributed by atoms with E-state index >= 15 is 0 Å². The number of aryl methyl sites for hydroxylation is 2. The van der Waals surface area contributed by atoms with E-state index in [0.29, 0.717) is 18.8 Å². The molecule has 26 heavy (non-hydrogen) atoms. The molecule has 0 aromatic heterocycles. The minimum absolute atomic E-state index is 0. The molecular formula is C22H29ClFNO. The van der Waals surface area contributed by atoms with Crippen molar-refractivity contribution in [2.45, 2.75) is 39.2 Å². The van der Waals surface area contributed by atoms with Crippen molar-refractivity contribution in [1.82, 2.24) is 5.32 Å². The molecule has 1 N–H and O–H groups in total. The van der Waals surface area contributed by atoms with Gasteiger partial charge in [-0.2, -0.15) is 0 Å². The van der Waals surface area contributed by atoms with E-state index in [9.17, 15) is 4.39 Å². The minimum Gasteiger partial charge on any atom is -0.376 e. The molecule has 2 nitrogen and oxygen atoms in total. The van der Waals surface area contributed by atoms with Gasteiger partial charge in [-0.15, -0.1) is 12.4 Å². The molecule has 2 aromatic carbocycles. The van der Waals surface area contributed by atoms with Crippen molar-refractivity contribution in [3.63, 3.8) is 0 Å². The van der Waals surface area contributed by atoms with Crippen LogP contribution in [0.25, 0.3) is 0 Å². The van der Waals surface area contributed by atoms with Gasteiger partial charge in [-0.1, -0.05) is 36.4 Å². The summed E-state index contributed by atoms with van der Waals surface area (Å²) in [5.41, 5.74) is 4.58. The Morgan fingerprint density at radius 2 is 1.77 bits per heavy atom. The molecule has 0 radical (unpaired) electrons. The summed E-state index contributed by atoms with van der Waals surface area (Å²) in [6.07, 6.45) is 2.70. The molecule has 1 unspecified atom stereocenters. The Kier molecular flexibility index (Phi) is 8.08. The first-order valence-electron chi connectivity index (χ1n) is 9.23. The second kappa shape index (κ2) is 10.1. The zero-order chi connectivity index (χ0) is 17.6. The number of ether oxygens (including phenoxy) is 1. The molecule has 1 fully saturated rings. The third-order valence-electron chi connectivity index (χ3n) is 5.01. The lowest BCUT2D eigenvalue weighted by atomic mass is 9.91. The summed E-state index contributed by atoms with van der Waals surface area (Å²) in [5.74, 6) is 0.947. The Labute approximate surface area is 162 Å². The Balaban J connectivity index is 0.00000243. The van der Waals surface area contributed by atoms with Gasteiger partial charge in [-0.05, 0) is 61.9 Å². The molecule has 0 bridgehead atoms. The highest BCUT2D eigenvalue weighted by atomic mass is 35.5. The molecule has 0 amide bonds. The van der Waals surface area contributed by atoms with E-state index in [-0.39, 0.29) is 24.1 Å². The van der Waals surface area contributed by atoms with Crippen LogP contribution < -0.4 is 5.32 Å². The molecule has 0 heterocycles. The fourth-order valence-electron chi connectivity index (χ4n) is 3.43. The number of hydrogen-bond donors (Lipinski definition) is 1. The maximum absolute atomic E-state index is 13.8. The van der Waals surface area contributed by atoms with E-state index in [0.717, 1.165) is 19.0 Å². The Hall–Kier alpha value is -1.42. The zero-order valence-corrected chi connectivity index (χ0v) is 16.4. The fraction of sp³-hybridized carbons (Fsp3) is 0.455. The molecule has 142 valence electrons. The summed E-state index contributed by atoms with van der Waals surface area (Å²) in [4.78, 5) is 0. The first kappa shape index (κ1) is 20.9. The lowest BCUT2D eigenvalue weighted by Gasteiger charge is -2.22. The fourth-order valence-corrected chi connectivity index (χ4v) is 3.43. The first-order chi connectivity index (χ1) is 12.1. The molecule has 0 aliphatic heterocycles. The number of benzene rings is 2. The van der Waals surface area contributed by atoms with Gasteiger partial charge in [0, 0.05) is 18.0 Å². The lowest BCUT2D eigenvalue weighted by molar-refractivity contribution is 0.104. The van der Waals surface area contributed by atoms with Gasteiger partial charge in [0.05, 0.1) is 13.2 Å². The number of rotatable bonds is 9. The molecule has 3 rings (SSSR count). The van der Waals surface area contributed by atoms with Crippen LogP contribution in [0, 0.1) is 25.6 Å². The zero-order valence-electron chi connectivity index (χ0n) is 15.6. The molecule has 4 heteroatoms. The summed E-state index contributed by atoms with van der Waals surface area (Å²) >= 11 is 0. The topological polar surface area (TPSA) is 21.3 Å². The summed E-state index contributed by atoms with van der Waals surface area (Å²) in [6.45, 7) is 7.23. The van der Waals surface area contributed by atoms with Crippen LogP contribution in [0.4, 0.5) is 4.39 Å². The van der Waals surface area contributed by atoms with Crippen LogP contribution in [0.5, 0.6) is 0 Å². The van der Waals surface area contributed by atoms with Crippen molar-refractivity contribution in [3.05, 3.63) is 70.5 Å². The van der Waals surface area contributed by atoms with E-state index in [1.54, 1.807) is 12.1 Å². The van der Waals surface area contributed by atoms with Gasteiger partial charge in [0.1, 0.15) is 5.82 Å². The van der Waals surface area contributed by atoms with Crippen LogP contribution >= 0.6 is 12.4 Å². The van der Waals surface area contributed by atoms with Crippen molar-refractivity contribution in [2.24, 2.45) is 5.92 Å². The smallest absolute Gasteiger partial charge is 0.128 e. The molecule has 0 spiro atoms. The van der Waals surface area contributed by atoms with Crippen LogP contribution in [0.1, 0.15) is 41.0 Å². The van der Waals surface area contributed by atoms with Crippen molar-refractivity contribution < 1.29 is 9.13 Å². The second-order valence-corrected chi connectivity index (χ2v) is 7.21. The van der Waals surface area contributed by atoms with Gasteiger partial charge in [-0.3, -0.25) is 0 Å². The number of halogens is 2. The highest BCUT2D eigenvalue weighted by Crippen LogP contribution is 2.28. The largest absolute Gasteiger partial charge is 0.376 e. The van der Waals surface area contributed by atoms with Gasteiger partial charge in [0.2, 0.25) is 0 Å². The average molecular weight is 378 g/mol. The van der Waals surface area contributed by atoms with Gasteiger partial charge < -0.3 is 10.1 Å². The minimum atomic E-state index is -0.196. The number of hydrogen-bond acceptors (Lipinski definition) is 2. The predicted molar refractivity (Wildman–Crippen MR) is 108 cm³/mol. The molecule has 1 aliphatic rings. The van der Waals surface area contributed by atoms with Gasteiger partial charge in [0.15, 0.2) is 0 Å². The van der Waals surface area contributed by atoms with E-state index in [1.165, 1.54) is 35.6 Å². The summed E-state index contributed by atoms with van der Waals surface area (Å²) in [5, 5.41) is 3.61. The van der Waals surface area contributed by atoms with E-state index < -0.39 is 0 Å². The van der Waals surface area contributed by atoms with Gasteiger partial charge in [0.25, 0.3) is 0 Å². The van der Waals surface area contributed by atoms with Crippen molar-refractivity contribution >= 4 is 12.4 Å². The standard InChI is InChI=1S/C22H28FNO.ClH/c1-16-6-5-7-17(2)22(16)20(13-24-12-18-10-11-18)15-25-14-19-8-3-4-9-21(19)23;/h3-9,18,20,24H,10-15H2,1-2H3;1H. The van der Waals surface area contributed by atoms with Gasteiger partial charge >= 0.3 is 0 Å². The van der Waals surface area contributed by atoms with Crippen LogP contribution in [0.2, 0.25) is 0 Å². The average Bonchev–Trinajstić information content (AvgIpc) is 3.40. The summed E-state index contributed by atoms with van der Waals surface area (Å²) in [7, 11) is 0. The van der Waals surface area contributed by atoms with Crippen molar-refractivity contribution in [3.8, 4) is 0 Å². The molecular weight excluding hydrogens is 349 g/mol. The maximum atomic E-state index is 13.8. The summed E-state index contributed by atoms with van der Waals surface area (Å²) < 4.78 is 19.7. The van der Waals surface area contributed by atoms with Crippen LogP contribution in [-0.4, -0.2) is 19.7 Å². The highest BCUT2D eigenvalue weighted by molar-refractivity contribution is 5.85. The summed E-state index contributed by atoms with van der Waals surface area (Å²) in [6, 6.07) is 13.2. The predicted octanol–water partition coefficient (Wildman–Crippen LogP) is 5.16. The highest BCUT2D eigenvalue weighted by Gasteiger charge is 2.22. The van der Waals surface area contributed by atoms with Crippen molar-refractivity contribution in [1.29, 1.82) is 0 Å². The van der Waals surface area contributed by atoms with Gasteiger partial charge in [-0.25, -0.2) is 4.39 Å². The van der Waals surface area contributed by atoms with E-state index in [2.05, 4.69) is 37.4 Å². The van der Waals surface area contributed by atoms with Crippen molar-refractivity contribution in [2.75, 3.05) is 19.7 Å². The maximum Gasteiger partial charge on any atom is 0.128 e. The Morgan fingerprint density at radius 3 is 2.42 bits per heavy atom. The monoisotopic (exact) mass is 377 g/mol. The van der Waals surface area contributed by atoms with E-state index in [1.807, 2.05) is 6.07 Å². The second-order valence-electron chi connectivity index (χ2n) is 7.21. The SMILES string of the molecule is Cc1cccc(C)c1C(CNCC1CC1)COCc1ccccc1F.Cl. The molecule has 0 saturated heterocycles. The van der Waals surface area contributed by atoms with Crippen LogP contribution in [-0.2, 0) is 11.3 Å². The van der Waals surface area contributed by atoms with Crippen LogP contribution in [0.15, 0.2) is 42.5 Å². The molecule has 1 aliphatic carbocycles. The Morgan fingerprint density at radius 1 is 1.08 bits per heavy atom. The third-order valence-corrected chi connectivity index (χ3v) is 5.01. The number of nitrogens with one attached hydrogen (secondary N) is 1. The molecule has 1 atom stereocenters. The molecule has 2 aromatic rings. The molecule has 1 saturated carbocycles. The Bertz CT molecular complexity index is 682. The third kappa shape index (κ3) is 5.80. The van der Waals surface area contributed by atoms with E-state index in [4.69, 9.17) is 4.74 Å².